The number of aryl methyl sites for hydroxylation is 1. The Morgan fingerprint density at radius 1 is 0.365 bits per heavy atom. The van der Waals surface area contributed by atoms with Gasteiger partial charge in [-0.1, -0.05) is 190 Å². The molecule has 1 unspecified atom stereocenters. The van der Waals surface area contributed by atoms with Crippen LogP contribution in [-0.4, -0.2) is 0 Å². The van der Waals surface area contributed by atoms with Crippen molar-refractivity contribution in [3.63, 3.8) is 0 Å². The summed E-state index contributed by atoms with van der Waals surface area (Å²) in [6.45, 7) is 4.76. The molecule has 1 heteroatoms. The highest BCUT2D eigenvalue weighted by atomic mass is 15.1. The monoisotopic (exact) mass is 803 g/mol. The van der Waals surface area contributed by atoms with E-state index in [1.165, 1.54) is 105 Å². The van der Waals surface area contributed by atoms with Crippen LogP contribution in [0.2, 0.25) is 0 Å². The Morgan fingerprint density at radius 2 is 0.921 bits per heavy atom. The highest BCUT2D eigenvalue weighted by molar-refractivity contribution is 6.12. The van der Waals surface area contributed by atoms with E-state index in [4.69, 9.17) is 0 Å². The number of hydrogen-bond acceptors (Lipinski definition) is 1. The minimum absolute atomic E-state index is 0.0943. The smallest absolute Gasteiger partial charge is 0.0470 e. The van der Waals surface area contributed by atoms with Gasteiger partial charge in [0.15, 0.2) is 0 Å². The van der Waals surface area contributed by atoms with Crippen LogP contribution < -0.4 is 4.90 Å². The quantitative estimate of drug-likeness (QED) is 0.157. The molecule has 10 aromatic rings. The fraction of sp³-hybridized carbons (Fsp3) is 0.0968. The van der Waals surface area contributed by atoms with Crippen LogP contribution in [0.4, 0.5) is 17.1 Å². The maximum absolute atomic E-state index is 2.51. The van der Waals surface area contributed by atoms with Crippen molar-refractivity contribution in [3.8, 4) is 44.5 Å². The van der Waals surface area contributed by atoms with E-state index in [0.29, 0.717) is 0 Å². The lowest BCUT2D eigenvalue weighted by Gasteiger charge is -2.31. The van der Waals surface area contributed by atoms with Crippen LogP contribution >= 0.6 is 0 Å². The molecule has 0 saturated heterocycles. The first-order chi connectivity index (χ1) is 31.0. The van der Waals surface area contributed by atoms with Crippen LogP contribution in [-0.2, 0) is 17.3 Å². The van der Waals surface area contributed by atoms with Gasteiger partial charge in [-0.3, -0.25) is 0 Å². The zero-order chi connectivity index (χ0) is 41.9. The van der Waals surface area contributed by atoms with Crippen LogP contribution in [0.1, 0.15) is 53.6 Å². The molecule has 3 aliphatic carbocycles. The second-order valence-electron chi connectivity index (χ2n) is 18.4. The summed E-state index contributed by atoms with van der Waals surface area (Å²) < 4.78 is 0. The third kappa shape index (κ3) is 5.17. The molecule has 0 radical (unpaired) electrons. The summed E-state index contributed by atoms with van der Waals surface area (Å²) in [4.78, 5) is 2.47. The van der Waals surface area contributed by atoms with Gasteiger partial charge in [0, 0.05) is 27.9 Å². The Morgan fingerprint density at radius 3 is 1.71 bits per heavy atom. The molecule has 298 valence electrons. The first-order valence-corrected chi connectivity index (χ1v) is 22.5. The molecule has 63 heavy (non-hydrogen) atoms. The summed E-state index contributed by atoms with van der Waals surface area (Å²) in [5, 5.41) is 5.12. The van der Waals surface area contributed by atoms with Gasteiger partial charge in [-0.15, -0.1) is 0 Å². The Hall–Kier alpha value is -7.48. The maximum atomic E-state index is 2.51. The van der Waals surface area contributed by atoms with Crippen molar-refractivity contribution in [2.75, 3.05) is 4.90 Å². The van der Waals surface area contributed by atoms with Gasteiger partial charge in [-0.05, 0) is 149 Å². The summed E-state index contributed by atoms with van der Waals surface area (Å²) in [7, 11) is 0. The van der Waals surface area contributed by atoms with E-state index >= 15 is 0 Å². The molecule has 0 heterocycles. The molecule has 1 spiro atoms. The number of benzene rings is 10. The molecule has 0 bridgehead atoms. The predicted octanol–water partition coefficient (Wildman–Crippen LogP) is 16.4. The normalized spacial score (nSPS) is 16.2. The summed E-state index contributed by atoms with van der Waals surface area (Å²) in [5.74, 6) is 0. The lowest BCUT2D eigenvalue weighted by atomic mass is 9.73. The maximum Gasteiger partial charge on any atom is 0.0470 e. The average molecular weight is 804 g/mol. The van der Waals surface area contributed by atoms with Gasteiger partial charge in [0.05, 0.1) is 0 Å². The molecule has 10 aromatic carbocycles. The Kier molecular flexibility index (Phi) is 7.76. The van der Waals surface area contributed by atoms with Gasteiger partial charge in [-0.25, -0.2) is 0 Å². The topological polar surface area (TPSA) is 3.24 Å². The van der Waals surface area contributed by atoms with E-state index in [1.54, 1.807) is 0 Å². The zero-order valence-electron chi connectivity index (χ0n) is 35.6. The van der Waals surface area contributed by atoms with Gasteiger partial charge in [0.1, 0.15) is 0 Å². The van der Waals surface area contributed by atoms with Crippen molar-refractivity contribution in [1.82, 2.24) is 0 Å². The van der Waals surface area contributed by atoms with Crippen LogP contribution in [0.15, 0.2) is 212 Å². The van der Waals surface area contributed by atoms with Crippen molar-refractivity contribution in [2.24, 2.45) is 0 Å². The molecule has 1 atom stereocenters. The lowest BCUT2D eigenvalue weighted by Crippen LogP contribution is -2.24. The van der Waals surface area contributed by atoms with Gasteiger partial charge in [0.2, 0.25) is 0 Å². The third-order valence-electron chi connectivity index (χ3n) is 14.9. The van der Waals surface area contributed by atoms with Gasteiger partial charge >= 0.3 is 0 Å². The van der Waals surface area contributed by atoms with Crippen LogP contribution in [0.5, 0.6) is 0 Å². The van der Waals surface area contributed by atoms with Gasteiger partial charge < -0.3 is 4.90 Å². The highest BCUT2D eigenvalue weighted by Gasteiger charge is 2.48. The molecule has 0 aromatic heterocycles. The van der Waals surface area contributed by atoms with E-state index < -0.39 is 0 Å². The number of rotatable bonds is 5. The Bertz CT molecular complexity index is 3480. The van der Waals surface area contributed by atoms with Crippen molar-refractivity contribution in [1.29, 1.82) is 0 Å². The molecular weight excluding hydrogens is 759 g/mol. The Labute approximate surface area is 369 Å². The first kappa shape index (κ1) is 36.2. The second-order valence-corrected chi connectivity index (χ2v) is 18.4. The average Bonchev–Trinajstić information content (AvgIpc) is 3.95. The van der Waals surface area contributed by atoms with Gasteiger partial charge in [-0.2, -0.15) is 0 Å². The van der Waals surface area contributed by atoms with E-state index in [1.807, 2.05) is 0 Å². The Balaban J connectivity index is 0.962. The SMILES string of the molecule is CC1(C)c2ccccc2-c2cccc(-c3ccc(N(c4ccc(-c5cccc6c5ccc5ccccc56)cc4)c4ccc5c(c4)C4(CCc6ccccc64)c4ccccc4-5)cc3)c21. The molecule has 0 saturated carbocycles. The van der Waals surface area contributed by atoms with Crippen molar-refractivity contribution < 1.29 is 0 Å². The number of fused-ring (bicyclic) bond motifs is 13. The molecule has 0 amide bonds. The van der Waals surface area contributed by atoms with E-state index in [0.717, 1.165) is 24.2 Å². The molecule has 13 rings (SSSR count). The lowest BCUT2D eigenvalue weighted by molar-refractivity contribution is 0.626. The number of hydrogen-bond donors (Lipinski definition) is 0. The number of anilines is 3. The fourth-order valence-corrected chi connectivity index (χ4v) is 12.1. The molecule has 1 nitrogen and oxygen atoms in total. The summed E-state index contributed by atoms with van der Waals surface area (Å²) >= 11 is 0. The first-order valence-electron chi connectivity index (χ1n) is 22.5. The van der Waals surface area contributed by atoms with E-state index in [9.17, 15) is 0 Å². The second kappa shape index (κ2) is 13.5. The van der Waals surface area contributed by atoms with E-state index in [-0.39, 0.29) is 10.8 Å². The molecular formula is C62H45N. The largest absolute Gasteiger partial charge is 0.310 e. The number of nitrogens with zero attached hydrogens (tertiary/aromatic N) is 1. The molecule has 3 aliphatic rings. The molecule has 0 fully saturated rings. The summed E-state index contributed by atoms with van der Waals surface area (Å²) in [6.07, 6.45) is 2.15. The van der Waals surface area contributed by atoms with Crippen LogP contribution in [0.3, 0.4) is 0 Å². The minimum Gasteiger partial charge on any atom is -0.310 e. The molecule has 0 N–H and O–H groups in total. The standard InChI is InChI=1S/C62H45N/c1-61(2)57-23-9-6-17-53(57)55-21-12-19-49(60(55)61)42-27-32-45(33-28-42)63(44-30-25-41(26-31-44)48-18-11-20-50-47-15-5-3-13-40(47)29-35-51(48)50)46-34-36-54-52-16-7-10-24-58(52)62(59(54)39-46)38-37-43-14-4-8-22-56(43)62/h3-36,39H,37-38H2,1-2H3. The van der Waals surface area contributed by atoms with Crippen molar-refractivity contribution >= 4 is 38.6 Å². The van der Waals surface area contributed by atoms with Crippen molar-refractivity contribution in [3.05, 3.63) is 246 Å². The predicted molar refractivity (Wildman–Crippen MR) is 265 cm³/mol. The van der Waals surface area contributed by atoms with E-state index in [2.05, 4.69) is 231 Å². The van der Waals surface area contributed by atoms with Gasteiger partial charge in [0.25, 0.3) is 0 Å². The summed E-state index contributed by atoms with van der Waals surface area (Å²) in [6, 6.07) is 79.9. The van der Waals surface area contributed by atoms with Crippen LogP contribution in [0, 0.1) is 0 Å². The zero-order valence-corrected chi connectivity index (χ0v) is 35.6. The summed E-state index contributed by atoms with van der Waals surface area (Å²) in [5.41, 5.74) is 22.1. The fourth-order valence-electron chi connectivity index (χ4n) is 12.1. The minimum atomic E-state index is -0.172. The highest BCUT2D eigenvalue weighted by Crippen LogP contribution is 2.59. The molecule has 0 aliphatic heterocycles. The van der Waals surface area contributed by atoms with Crippen molar-refractivity contribution in [2.45, 2.75) is 37.5 Å². The van der Waals surface area contributed by atoms with Crippen LogP contribution in [0.25, 0.3) is 66.1 Å². The third-order valence-corrected chi connectivity index (χ3v) is 14.9.